The summed E-state index contributed by atoms with van der Waals surface area (Å²) in [4.78, 5) is 25.7. The van der Waals surface area contributed by atoms with E-state index in [9.17, 15) is 19.1 Å². The summed E-state index contributed by atoms with van der Waals surface area (Å²) in [6.07, 6.45) is 0.760. The molecule has 0 unspecified atom stereocenters. The van der Waals surface area contributed by atoms with Crippen molar-refractivity contribution >= 4 is 11.9 Å². The lowest BCUT2D eigenvalue weighted by atomic mass is 9.93. The first-order chi connectivity index (χ1) is 12.5. The highest BCUT2D eigenvalue weighted by molar-refractivity contribution is 5.84. The first-order valence-electron chi connectivity index (χ1n) is 8.41. The molecule has 3 rings (SSSR count). The van der Waals surface area contributed by atoms with E-state index in [1.165, 1.54) is 24.1 Å². The van der Waals surface area contributed by atoms with Gasteiger partial charge in [0.25, 0.3) is 0 Å². The van der Waals surface area contributed by atoms with E-state index < -0.39 is 17.8 Å². The van der Waals surface area contributed by atoms with Crippen LogP contribution in [0, 0.1) is 5.82 Å². The maximum atomic E-state index is 13.8. The summed E-state index contributed by atoms with van der Waals surface area (Å²) in [5.41, 5.74) is 2.59. The number of aliphatic carboxylic acids is 1. The number of carbonyl (C=O) groups is 2. The smallest absolute Gasteiger partial charge is 0.326 e. The van der Waals surface area contributed by atoms with Crippen molar-refractivity contribution in [3.05, 3.63) is 65.0 Å². The second-order valence-electron chi connectivity index (χ2n) is 6.32. The lowest BCUT2D eigenvalue weighted by Crippen LogP contribution is -2.48. The molecule has 0 saturated carbocycles. The van der Waals surface area contributed by atoms with Crippen molar-refractivity contribution in [2.75, 3.05) is 7.11 Å². The fraction of sp³-hybridized carbons (Fsp3) is 0.300. The fourth-order valence-corrected chi connectivity index (χ4v) is 3.27. The molecule has 1 aliphatic rings. The van der Waals surface area contributed by atoms with Crippen LogP contribution < -0.4 is 4.74 Å². The second-order valence-corrected chi connectivity index (χ2v) is 6.32. The molecule has 1 N–H and O–H groups in total. The number of hydrogen-bond acceptors (Lipinski definition) is 3. The molecule has 136 valence electrons. The predicted octanol–water partition coefficient (Wildman–Crippen LogP) is 2.81. The van der Waals surface area contributed by atoms with Crippen LogP contribution in [0.15, 0.2) is 42.5 Å². The van der Waals surface area contributed by atoms with Crippen molar-refractivity contribution in [3.8, 4) is 5.75 Å². The lowest BCUT2D eigenvalue weighted by Gasteiger charge is -2.34. The Labute approximate surface area is 151 Å². The van der Waals surface area contributed by atoms with E-state index in [1.807, 2.05) is 24.3 Å². The molecule has 1 amide bonds. The zero-order valence-electron chi connectivity index (χ0n) is 14.4. The number of hydrogen-bond donors (Lipinski definition) is 1. The van der Waals surface area contributed by atoms with Crippen LogP contribution >= 0.6 is 0 Å². The minimum absolute atomic E-state index is 0.123. The number of carboxylic acid groups (broad SMARTS) is 1. The van der Waals surface area contributed by atoms with Crippen LogP contribution in [0.4, 0.5) is 4.39 Å². The molecule has 0 aliphatic carbocycles. The van der Waals surface area contributed by atoms with Crippen LogP contribution in [0.2, 0.25) is 0 Å². The van der Waals surface area contributed by atoms with Gasteiger partial charge in [-0.15, -0.1) is 0 Å². The summed E-state index contributed by atoms with van der Waals surface area (Å²) in [6.45, 7) is 0.281. The minimum Gasteiger partial charge on any atom is -0.494 e. The molecule has 1 atom stereocenters. The number of nitrogens with zero attached hydrogens (tertiary/aromatic N) is 1. The Morgan fingerprint density at radius 2 is 1.96 bits per heavy atom. The van der Waals surface area contributed by atoms with E-state index in [4.69, 9.17) is 4.74 Å². The van der Waals surface area contributed by atoms with Crippen molar-refractivity contribution in [3.63, 3.8) is 0 Å². The quantitative estimate of drug-likeness (QED) is 0.894. The summed E-state index contributed by atoms with van der Waals surface area (Å²) in [6, 6.07) is 11.2. The summed E-state index contributed by atoms with van der Waals surface area (Å²) in [5.74, 6) is -1.59. The third-order valence-electron chi connectivity index (χ3n) is 4.70. The summed E-state index contributed by atoms with van der Waals surface area (Å²) in [7, 11) is 1.39. The highest BCUT2D eigenvalue weighted by Crippen LogP contribution is 2.25. The highest BCUT2D eigenvalue weighted by Gasteiger charge is 2.34. The van der Waals surface area contributed by atoms with Gasteiger partial charge in [-0.2, -0.15) is 0 Å². The zero-order valence-corrected chi connectivity index (χ0v) is 14.4. The van der Waals surface area contributed by atoms with E-state index in [0.717, 1.165) is 11.1 Å². The summed E-state index contributed by atoms with van der Waals surface area (Å²) in [5, 5.41) is 9.51. The van der Waals surface area contributed by atoms with Gasteiger partial charge in [-0.3, -0.25) is 4.79 Å². The van der Waals surface area contributed by atoms with Crippen molar-refractivity contribution in [1.29, 1.82) is 0 Å². The second kappa shape index (κ2) is 7.56. The number of ether oxygens (including phenoxy) is 1. The largest absolute Gasteiger partial charge is 0.494 e. The molecule has 0 aromatic heterocycles. The Morgan fingerprint density at radius 3 is 2.62 bits per heavy atom. The molecule has 5 nitrogen and oxygen atoms in total. The Morgan fingerprint density at radius 1 is 1.23 bits per heavy atom. The highest BCUT2D eigenvalue weighted by atomic mass is 19.1. The number of amides is 1. The number of aryl methyl sites for hydroxylation is 1. The number of rotatable bonds is 5. The first-order valence-corrected chi connectivity index (χ1v) is 8.41. The number of fused-ring (bicyclic) bond motifs is 1. The zero-order chi connectivity index (χ0) is 18.7. The molecule has 0 saturated heterocycles. The van der Waals surface area contributed by atoms with Gasteiger partial charge in [-0.05, 0) is 35.2 Å². The topological polar surface area (TPSA) is 66.8 Å². The van der Waals surface area contributed by atoms with Crippen LogP contribution in [0.5, 0.6) is 5.75 Å². The molecule has 26 heavy (non-hydrogen) atoms. The molecule has 1 heterocycles. The van der Waals surface area contributed by atoms with Gasteiger partial charge in [0.15, 0.2) is 11.6 Å². The summed E-state index contributed by atoms with van der Waals surface area (Å²) >= 11 is 0. The van der Waals surface area contributed by atoms with Crippen LogP contribution in [0.3, 0.4) is 0 Å². The standard InChI is InChI=1S/C20H20FNO4/c1-26-18-8-6-13(10-16(18)21)7-9-19(23)22-12-15-5-3-2-4-14(15)11-17(22)20(24)25/h2-6,8,10,17H,7,9,11-12H2,1H3,(H,24,25)/t17-/m0/s1. The third kappa shape index (κ3) is 3.69. The maximum Gasteiger partial charge on any atom is 0.326 e. The summed E-state index contributed by atoms with van der Waals surface area (Å²) < 4.78 is 18.6. The molecular formula is C20H20FNO4. The fourth-order valence-electron chi connectivity index (χ4n) is 3.27. The normalized spacial score (nSPS) is 16.1. The van der Waals surface area contributed by atoms with Gasteiger partial charge in [0.1, 0.15) is 6.04 Å². The number of carboxylic acids is 1. The molecule has 0 fully saturated rings. The van der Waals surface area contributed by atoms with Crippen LogP contribution in [0.1, 0.15) is 23.1 Å². The van der Waals surface area contributed by atoms with E-state index in [-0.39, 0.29) is 24.6 Å². The van der Waals surface area contributed by atoms with Gasteiger partial charge < -0.3 is 14.7 Å². The molecule has 0 spiro atoms. The monoisotopic (exact) mass is 357 g/mol. The van der Waals surface area contributed by atoms with Crippen molar-refractivity contribution in [1.82, 2.24) is 4.90 Å². The number of carbonyl (C=O) groups excluding carboxylic acids is 1. The van der Waals surface area contributed by atoms with Crippen LogP contribution in [0.25, 0.3) is 0 Å². The lowest BCUT2D eigenvalue weighted by molar-refractivity contribution is -0.151. The molecule has 6 heteroatoms. The van der Waals surface area contributed by atoms with Gasteiger partial charge in [-0.1, -0.05) is 30.3 Å². The van der Waals surface area contributed by atoms with E-state index >= 15 is 0 Å². The Hall–Kier alpha value is -2.89. The molecule has 2 aromatic carbocycles. The molecule has 2 aromatic rings. The minimum atomic E-state index is -1.01. The van der Waals surface area contributed by atoms with Gasteiger partial charge in [-0.25, -0.2) is 9.18 Å². The van der Waals surface area contributed by atoms with E-state index in [1.54, 1.807) is 6.07 Å². The van der Waals surface area contributed by atoms with Crippen LogP contribution in [-0.4, -0.2) is 35.0 Å². The van der Waals surface area contributed by atoms with Gasteiger partial charge in [0, 0.05) is 19.4 Å². The van der Waals surface area contributed by atoms with E-state index in [0.29, 0.717) is 18.4 Å². The predicted molar refractivity (Wildman–Crippen MR) is 93.4 cm³/mol. The number of halogens is 1. The molecule has 0 bridgehead atoms. The Bertz CT molecular complexity index is 836. The van der Waals surface area contributed by atoms with Gasteiger partial charge in [0.2, 0.25) is 5.91 Å². The number of benzene rings is 2. The number of methoxy groups -OCH3 is 1. The SMILES string of the molecule is COc1ccc(CCC(=O)N2Cc3ccccc3C[C@H]2C(=O)O)cc1F. The van der Waals surface area contributed by atoms with Crippen molar-refractivity contribution in [2.24, 2.45) is 0 Å². The third-order valence-corrected chi connectivity index (χ3v) is 4.70. The Balaban J connectivity index is 1.71. The molecular weight excluding hydrogens is 337 g/mol. The molecule has 1 aliphatic heterocycles. The molecule has 0 radical (unpaired) electrons. The van der Waals surface area contributed by atoms with Crippen LogP contribution in [-0.2, 0) is 29.0 Å². The van der Waals surface area contributed by atoms with Crippen molar-refractivity contribution < 1.29 is 23.8 Å². The van der Waals surface area contributed by atoms with Gasteiger partial charge >= 0.3 is 5.97 Å². The maximum absolute atomic E-state index is 13.8. The van der Waals surface area contributed by atoms with E-state index in [2.05, 4.69) is 0 Å². The Kier molecular flexibility index (Phi) is 5.21. The van der Waals surface area contributed by atoms with Gasteiger partial charge in [0.05, 0.1) is 7.11 Å². The first kappa shape index (κ1) is 17.9. The van der Waals surface area contributed by atoms with Crippen molar-refractivity contribution in [2.45, 2.75) is 31.8 Å². The average Bonchev–Trinajstić information content (AvgIpc) is 2.65. The average molecular weight is 357 g/mol.